The van der Waals surface area contributed by atoms with E-state index in [1.165, 1.54) is 12.5 Å². The van der Waals surface area contributed by atoms with Crippen molar-refractivity contribution < 1.29 is 43.3 Å². The molecule has 2 heterocycles. The molecule has 15 nitrogen and oxygen atoms in total. The number of allylic oxidation sites excluding steroid dienone is 1. The van der Waals surface area contributed by atoms with Crippen molar-refractivity contribution in [2.75, 3.05) is 34.3 Å². The van der Waals surface area contributed by atoms with E-state index in [0.29, 0.717) is 43.1 Å². The molecular weight excluding hydrogens is 648 g/mol. The highest BCUT2D eigenvalue weighted by Crippen LogP contribution is 2.63. The smallest absolute Gasteiger partial charge is 0.333 e. The number of hydrogen-bond donors (Lipinski definition) is 5. The Hall–Kier alpha value is -4.66. The van der Waals surface area contributed by atoms with Crippen molar-refractivity contribution >= 4 is 35.5 Å². The van der Waals surface area contributed by atoms with Crippen molar-refractivity contribution in [3.63, 3.8) is 0 Å². The molecule has 1 unspecified atom stereocenters. The summed E-state index contributed by atoms with van der Waals surface area (Å²) in [5.41, 5.74) is 7.52. The second kappa shape index (κ2) is 15.5. The van der Waals surface area contributed by atoms with Crippen LogP contribution in [0.4, 0.5) is 0 Å². The fourth-order valence-electron chi connectivity index (χ4n) is 8.11. The van der Waals surface area contributed by atoms with Crippen molar-refractivity contribution in [1.82, 2.24) is 20.9 Å². The van der Waals surface area contributed by atoms with Crippen LogP contribution in [0, 0.1) is 5.92 Å². The predicted octanol–water partition coefficient (Wildman–Crippen LogP) is 0.919. The van der Waals surface area contributed by atoms with Crippen molar-refractivity contribution in [1.29, 1.82) is 0 Å². The number of methoxy groups -OCH3 is 1. The third kappa shape index (κ3) is 7.42. The predicted molar refractivity (Wildman–Crippen MR) is 182 cm³/mol. The van der Waals surface area contributed by atoms with Gasteiger partial charge in [-0.1, -0.05) is 6.07 Å². The van der Waals surface area contributed by atoms with Crippen LogP contribution in [0.1, 0.15) is 69.4 Å². The summed E-state index contributed by atoms with van der Waals surface area (Å²) in [6.07, 6.45) is 3.36. The third-order valence-electron chi connectivity index (χ3n) is 10.5. The van der Waals surface area contributed by atoms with E-state index in [1.54, 1.807) is 14.2 Å². The van der Waals surface area contributed by atoms with Gasteiger partial charge in [-0.25, -0.2) is 4.79 Å². The lowest BCUT2D eigenvalue weighted by Crippen LogP contribution is -2.63. The lowest BCUT2D eigenvalue weighted by Gasteiger charge is -2.56. The number of nitrogens with zero attached hydrogens (tertiary/aromatic N) is 2. The van der Waals surface area contributed by atoms with Crippen molar-refractivity contribution in [3.05, 3.63) is 35.1 Å². The van der Waals surface area contributed by atoms with Crippen molar-refractivity contribution in [2.45, 2.75) is 94.4 Å². The van der Waals surface area contributed by atoms with Crippen LogP contribution in [0.3, 0.4) is 0 Å². The van der Waals surface area contributed by atoms with Crippen LogP contribution >= 0.6 is 0 Å². The molecule has 0 aromatic heterocycles. The molecule has 0 radical (unpaired) electrons. The number of likely N-dealkylation sites (tertiary alicyclic amines) is 1. The van der Waals surface area contributed by atoms with Gasteiger partial charge in [0, 0.05) is 56.8 Å². The zero-order valence-corrected chi connectivity index (χ0v) is 29.1. The summed E-state index contributed by atoms with van der Waals surface area (Å²) in [5.74, 6) is -1.21. The molecule has 6 atom stereocenters. The molecule has 1 saturated heterocycles. The summed E-state index contributed by atoms with van der Waals surface area (Å²) in [4.78, 5) is 69.2. The Labute approximate surface area is 291 Å². The Morgan fingerprint density at radius 3 is 2.62 bits per heavy atom. The molecule has 2 aliphatic heterocycles. The third-order valence-corrected chi connectivity index (χ3v) is 10.5. The number of likely N-dealkylation sites (N-methyl/N-ethyl adjacent to an activating group) is 1. The number of Topliss-reactive ketones (excluding diaryl/α,β-unsaturated/α-hetero) is 1. The molecule has 6 N–H and O–H groups in total. The van der Waals surface area contributed by atoms with E-state index in [0.717, 1.165) is 24.9 Å². The number of piperidine rings is 1. The van der Waals surface area contributed by atoms with Gasteiger partial charge in [-0.05, 0) is 75.7 Å². The number of benzene rings is 1. The number of carbonyl (C=O) groups is 5. The molecule has 50 heavy (non-hydrogen) atoms. The highest BCUT2D eigenvalue weighted by molar-refractivity contribution is 5.92. The van der Waals surface area contributed by atoms with Gasteiger partial charge in [0.25, 0.3) is 0 Å². The van der Waals surface area contributed by atoms with Gasteiger partial charge < -0.3 is 45.9 Å². The first-order chi connectivity index (χ1) is 23.9. The molecule has 1 spiro atoms. The van der Waals surface area contributed by atoms with E-state index in [-0.39, 0.29) is 48.9 Å². The molecule has 1 aromatic rings. The Morgan fingerprint density at radius 2 is 1.92 bits per heavy atom. The number of nitrogens with one attached hydrogen (secondary N) is 3. The summed E-state index contributed by atoms with van der Waals surface area (Å²) < 4.78 is 18.3. The fraction of sp³-hybridized carbons (Fsp3) is 0.600. The first kappa shape index (κ1) is 36.6. The zero-order chi connectivity index (χ0) is 36.2. The van der Waals surface area contributed by atoms with Crippen LogP contribution in [0.15, 0.2) is 29.0 Å². The summed E-state index contributed by atoms with van der Waals surface area (Å²) in [6.45, 7) is 2.58. The van der Waals surface area contributed by atoms with Gasteiger partial charge in [0.2, 0.25) is 11.8 Å². The van der Waals surface area contributed by atoms with Gasteiger partial charge in [0.1, 0.15) is 11.8 Å². The number of aliphatic imine (C=N–C) groups is 1. The maximum Gasteiger partial charge on any atom is 0.333 e. The van der Waals surface area contributed by atoms with E-state index < -0.39 is 47.9 Å². The summed E-state index contributed by atoms with van der Waals surface area (Å²) in [5, 5.41) is 17.5. The molecular formula is C35H48N6O9. The van der Waals surface area contributed by atoms with Gasteiger partial charge in [0.15, 0.2) is 29.3 Å². The Kier molecular flexibility index (Phi) is 11.3. The van der Waals surface area contributed by atoms with Gasteiger partial charge in [-0.3, -0.25) is 24.2 Å². The molecule has 2 aliphatic carbocycles. The summed E-state index contributed by atoms with van der Waals surface area (Å²) in [6, 6.07) is 2.19. The quantitative estimate of drug-likeness (QED) is 0.0707. The van der Waals surface area contributed by atoms with Gasteiger partial charge in [0.05, 0.1) is 13.2 Å². The first-order valence-electron chi connectivity index (χ1n) is 17.2. The number of carboxylic acids is 1. The normalized spacial score (nSPS) is 24.4. The lowest BCUT2D eigenvalue weighted by atomic mass is 9.53. The molecule has 0 saturated carbocycles. The molecule has 1 fully saturated rings. The number of ether oxygens (including phenoxy) is 3. The molecule has 4 aliphatic rings. The van der Waals surface area contributed by atoms with Crippen LogP contribution in [0.2, 0.25) is 0 Å². The summed E-state index contributed by atoms with van der Waals surface area (Å²) >= 11 is 0. The molecule has 2 bridgehead atoms. The van der Waals surface area contributed by atoms with Gasteiger partial charge in [-0.2, -0.15) is 0 Å². The number of guanidine groups is 1. The van der Waals surface area contributed by atoms with E-state index in [1.807, 2.05) is 12.1 Å². The zero-order valence-electron chi connectivity index (χ0n) is 29.1. The highest BCUT2D eigenvalue weighted by Gasteiger charge is 2.65. The monoisotopic (exact) mass is 696 g/mol. The van der Waals surface area contributed by atoms with Crippen LogP contribution in [-0.4, -0.2) is 104 Å². The minimum atomic E-state index is -1.28. The average Bonchev–Trinajstić information content (AvgIpc) is 3.44. The van der Waals surface area contributed by atoms with E-state index in [2.05, 4.69) is 39.0 Å². The van der Waals surface area contributed by atoms with Crippen LogP contribution in [-0.2, 0) is 40.5 Å². The van der Waals surface area contributed by atoms with Crippen molar-refractivity contribution in [3.8, 4) is 11.5 Å². The number of hydrogen-bond acceptors (Lipinski definition) is 10. The number of esters is 1. The average molecular weight is 697 g/mol. The maximum atomic E-state index is 13.7. The lowest BCUT2D eigenvalue weighted by molar-refractivity contribution is -0.147. The number of carbonyl (C=O) groups excluding carboxylic acids is 4. The Bertz CT molecular complexity index is 1580. The molecule has 272 valence electrons. The molecule has 15 heteroatoms. The van der Waals surface area contributed by atoms with E-state index >= 15 is 0 Å². The molecule has 1 aromatic carbocycles. The topological polar surface area (TPSA) is 211 Å². The fourth-order valence-corrected chi connectivity index (χ4v) is 8.11. The second-order valence-electron chi connectivity index (χ2n) is 13.5. The highest BCUT2D eigenvalue weighted by atomic mass is 16.6. The standard InChI is InChI=1S/C35H48N6O9/c1-19(42)39-22(6-5-16-38-34(36)37-2)25(43)10-13-28(44)40-23(9-14-29(45)46)33(47)49-27-12-8-21-24-18-20-7-11-26(48-4)31-30(20)35(21,32(27)50-31)15-17-41(24)3/h7,11-12,21-24,32H,5-6,8-10,13-18H2,1-4H3,(H,39,42)(H,40,44)(H,45,46)(H3,36,37,38)/t21-,22-,23?,24+,32-,35-/m0/s1. The first-order valence-corrected chi connectivity index (χ1v) is 17.2. The largest absolute Gasteiger partial charge is 0.493 e. The van der Waals surface area contributed by atoms with Gasteiger partial charge in [-0.15, -0.1) is 0 Å². The minimum absolute atomic E-state index is 0.202. The summed E-state index contributed by atoms with van der Waals surface area (Å²) in [7, 11) is 5.27. The van der Waals surface area contributed by atoms with Crippen molar-refractivity contribution in [2.24, 2.45) is 16.6 Å². The Morgan fingerprint density at radius 1 is 1.14 bits per heavy atom. The SMILES string of the molecule is CN=C(N)NCCC[C@H](NC(C)=O)C(=O)CCC(=O)NC(CCC(=O)O)C(=O)OC1=CC[C@H]2[C@H]3Cc4ccc(OC)c5c4[C@@]2(CCN3C)[C@H]1O5. The van der Waals surface area contributed by atoms with Crippen LogP contribution in [0.25, 0.3) is 0 Å². The molecule has 5 rings (SSSR count). The number of rotatable bonds is 16. The number of amides is 2. The number of ketones is 1. The number of nitrogens with two attached hydrogens (primary N) is 1. The minimum Gasteiger partial charge on any atom is -0.493 e. The van der Waals surface area contributed by atoms with E-state index in [9.17, 15) is 29.1 Å². The molecule has 2 amide bonds. The number of carboxylic acid groups (broad SMARTS) is 1. The van der Waals surface area contributed by atoms with E-state index in [4.69, 9.17) is 19.9 Å². The van der Waals surface area contributed by atoms with Crippen LogP contribution in [0.5, 0.6) is 11.5 Å². The maximum absolute atomic E-state index is 13.7. The van der Waals surface area contributed by atoms with Gasteiger partial charge >= 0.3 is 11.9 Å². The Balaban J connectivity index is 1.26. The van der Waals surface area contributed by atoms with Crippen LogP contribution < -0.4 is 31.2 Å². The second-order valence-corrected chi connectivity index (χ2v) is 13.5. The number of aliphatic carboxylic acids is 1.